The number of ether oxygens (including phenoxy) is 1. The first-order valence-corrected chi connectivity index (χ1v) is 4.70. The van der Waals surface area contributed by atoms with Gasteiger partial charge in [0.1, 0.15) is 6.61 Å². The van der Waals surface area contributed by atoms with Crippen molar-refractivity contribution in [3.05, 3.63) is 20.8 Å². The first-order valence-electron chi connectivity index (χ1n) is 3.45. The van der Waals surface area contributed by atoms with Crippen molar-refractivity contribution in [1.29, 1.82) is 0 Å². The number of ketones is 1. The van der Waals surface area contributed by atoms with Crippen LogP contribution in [0.1, 0.15) is 20.0 Å². The Morgan fingerprint density at radius 2 is 2.46 bits per heavy atom. The molecule has 0 saturated carbocycles. The van der Waals surface area contributed by atoms with E-state index in [4.69, 9.17) is 11.6 Å². The molecule has 0 saturated heterocycles. The largest absolute Gasteiger partial charge is 0.377 e. The van der Waals surface area contributed by atoms with Gasteiger partial charge in [0.2, 0.25) is 0 Å². The molecule has 0 amide bonds. The van der Waals surface area contributed by atoms with Crippen LogP contribution in [0.4, 0.5) is 0 Å². The molecule has 0 radical (unpaired) electrons. The van der Waals surface area contributed by atoms with Gasteiger partial charge in [0.05, 0.1) is 15.5 Å². The lowest BCUT2D eigenvalue weighted by atomic mass is 10.2. The molecule has 0 aliphatic carbocycles. The number of aldehydes is 1. The van der Waals surface area contributed by atoms with Crippen molar-refractivity contribution in [2.75, 3.05) is 13.7 Å². The number of carbonyl (C=O) groups excluding carboxylic acids is 2. The van der Waals surface area contributed by atoms with Crippen LogP contribution in [0.25, 0.3) is 0 Å². The van der Waals surface area contributed by atoms with Gasteiger partial charge in [-0.15, -0.1) is 11.3 Å². The molecule has 0 aliphatic heterocycles. The van der Waals surface area contributed by atoms with E-state index in [1.807, 2.05) is 0 Å². The molecular weight excluding hydrogens is 212 g/mol. The van der Waals surface area contributed by atoms with Crippen LogP contribution in [0.5, 0.6) is 0 Å². The van der Waals surface area contributed by atoms with Gasteiger partial charge in [-0.25, -0.2) is 0 Å². The minimum Gasteiger partial charge on any atom is -0.377 e. The van der Waals surface area contributed by atoms with Crippen molar-refractivity contribution in [3.8, 4) is 0 Å². The van der Waals surface area contributed by atoms with E-state index in [1.165, 1.54) is 7.11 Å². The van der Waals surface area contributed by atoms with E-state index >= 15 is 0 Å². The van der Waals surface area contributed by atoms with Crippen molar-refractivity contribution in [1.82, 2.24) is 0 Å². The Labute approximate surface area is 84.3 Å². The van der Waals surface area contributed by atoms with Gasteiger partial charge in [-0.05, 0) is 0 Å². The molecule has 1 heterocycles. The first kappa shape index (κ1) is 10.4. The molecule has 13 heavy (non-hydrogen) atoms. The molecule has 0 aliphatic rings. The maximum Gasteiger partial charge on any atom is 0.190 e. The Morgan fingerprint density at radius 1 is 1.77 bits per heavy atom. The number of methoxy groups -OCH3 is 1. The van der Waals surface area contributed by atoms with Gasteiger partial charge < -0.3 is 4.74 Å². The van der Waals surface area contributed by atoms with E-state index in [0.29, 0.717) is 16.7 Å². The molecule has 70 valence electrons. The molecule has 0 spiro atoms. The lowest BCUT2D eigenvalue weighted by Gasteiger charge is -1.96. The Kier molecular flexibility index (Phi) is 3.59. The lowest BCUT2D eigenvalue weighted by molar-refractivity contribution is 0.0848. The minimum atomic E-state index is -0.211. The molecule has 1 aromatic heterocycles. The third-order valence-corrected chi connectivity index (χ3v) is 2.87. The summed E-state index contributed by atoms with van der Waals surface area (Å²) in [6.07, 6.45) is 0.635. The van der Waals surface area contributed by atoms with Crippen LogP contribution < -0.4 is 0 Å². The van der Waals surface area contributed by atoms with Crippen molar-refractivity contribution in [2.45, 2.75) is 0 Å². The predicted molar refractivity (Wildman–Crippen MR) is 50.9 cm³/mol. The van der Waals surface area contributed by atoms with Crippen molar-refractivity contribution < 1.29 is 14.3 Å². The van der Waals surface area contributed by atoms with Gasteiger partial charge in [-0.1, -0.05) is 11.6 Å². The number of rotatable bonds is 4. The van der Waals surface area contributed by atoms with Crippen LogP contribution >= 0.6 is 22.9 Å². The highest BCUT2D eigenvalue weighted by Crippen LogP contribution is 2.26. The Morgan fingerprint density at radius 3 is 2.92 bits per heavy atom. The summed E-state index contributed by atoms with van der Waals surface area (Å²) in [5.41, 5.74) is 0.357. The number of carbonyl (C=O) groups is 2. The number of thiophene rings is 1. The smallest absolute Gasteiger partial charge is 0.190 e. The number of hydrogen-bond acceptors (Lipinski definition) is 4. The summed E-state index contributed by atoms with van der Waals surface area (Å²) in [7, 11) is 1.43. The fraction of sp³-hybridized carbons (Fsp3) is 0.250. The molecule has 0 bridgehead atoms. The lowest BCUT2D eigenvalue weighted by Crippen LogP contribution is -2.06. The molecule has 1 rings (SSSR count). The van der Waals surface area contributed by atoms with Crippen LogP contribution in [-0.4, -0.2) is 25.8 Å². The SMILES string of the molecule is COCC(=O)c1csc(C=O)c1Cl. The molecule has 1 aromatic rings. The van der Waals surface area contributed by atoms with Crippen molar-refractivity contribution in [3.63, 3.8) is 0 Å². The standard InChI is InChI=1S/C8H7ClO3S/c1-12-3-6(11)5-4-13-7(2-10)8(5)9/h2,4H,3H2,1H3. The summed E-state index contributed by atoms with van der Waals surface area (Å²) in [5, 5.41) is 1.79. The molecule has 0 fully saturated rings. The molecule has 0 N–H and O–H groups in total. The van der Waals surface area contributed by atoms with E-state index in [2.05, 4.69) is 4.74 Å². The third kappa shape index (κ3) is 2.15. The van der Waals surface area contributed by atoms with Crippen LogP contribution in [-0.2, 0) is 4.74 Å². The van der Waals surface area contributed by atoms with E-state index in [9.17, 15) is 9.59 Å². The van der Waals surface area contributed by atoms with E-state index in [1.54, 1.807) is 5.38 Å². The third-order valence-electron chi connectivity index (χ3n) is 1.44. The highest BCUT2D eigenvalue weighted by atomic mass is 35.5. The zero-order valence-corrected chi connectivity index (χ0v) is 8.45. The molecule has 0 unspecified atom stereocenters. The maximum absolute atomic E-state index is 11.3. The molecular formula is C8H7ClO3S. The first-order chi connectivity index (χ1) is 6.20. The highest BCUT2D eigenvalue weighted by molar-refractivity contribution is 7.12. The maximum atomic E-state index is 11.3. The quantitative estimate of drug-likeness (QED) is 0.574. The highest BCUT2D eigenvalue weighted by Gasteiger charge is 2.15. The monoisotopic (exact) mass is 218 g/mol. The van der Waals surface area contributed by atoms with Crippen molar-refractivity contribution >= 4 is 35.0 Å². The summed E-state index contributed by atoms with van der Waals surface area (Å²) >= 11 is 6.91. The number of halogens is 1. The summed E-state index contributed by atoms with van der Waals surface area (Å²) in [6, 6.07) is 0. The molecule has 5 heteroatoms. The van der Waals surface area contributed by atoms with Crippen LogP contribution in [0.2, 0.25) is 5.02 Å². The topological polar surface area (TPSA) is 43.4 Å². The average Bonchev–Trinajstić information content (AvgIpc) is 2.47. The predicted octanol–water partition coefficient (Wildman–Crippen LogP) is 2.04. The zero-order valence-electron chi connectivity index (χ0n) is 6.87. The average molecular weight is 219 g/mol. The molecule has 3 nitrogen and oxygen atoms in total. The second-order valence-electron chi connectivity index (χ2n) is 2.30. The Bertz CT molecular complexity index is 332. The van der Waals surface area contributed by atoms with Gasteiger partial charge in [-0.3, -0.25) is 9.59 Å². The van der Waals surface area contributed by atoms with Crippen LogP contribution in [0.15, 0.2) is 5.38 Å². The Balaban J connectivity index is 2.95. The fourth-order valence-corrected chi connectivity index (χ4v) is 2.00. The van der Waals surface area contributed by atoms with Crippen molar-refractivity contribution in [2.24, 2.45) is 0 Å². The minimum absolute atomic E-state index is 0.0191. The summed E-state index contributed by atoms with van der Waals surface area (Å²) in [5.74, 6) is -0.211. The van der Waals surface area contributed by atoms with E-state index in [-0.39, 0.29) is 17.4 Å². The number of Topliss-reactive ketones (excluding diaryl/α,β-unsaturated/α-hetero) is 1. The Hall–Kier alpha value is -0.710. The molecule has 0 aromatic carbocycles. The fourth-order valence-electron chi connectivity index (χ4n) is 0.835. The van der Waals surface area contributed by atoms with Gasteiger partial charge >= 0.3 is 0 Å². The van der Waals surface area contributed by atoms with Crippen LogP contribution in [0, 0.1) is 0 Å². The second kappa shape index (κ2) is 4.50. The van der Waals surface area contributed by atoms with Crippen LogP contribution in [0.3, 0.4) is 0 Å². The van der Waals surface area contributed by atoms with Gasteiger partial charge in [0, 0.05) is 12.5 Å². The van der Waals surface area contributed by atoms with E-state index in [0.717, 1.165) is 11.3 Å². The summed E-state index contributed by atoms with van der Waals surface area (Å²) in [6.45, 7) is -0.0191. The molecule has 0 atom stereocenters. The van der Waals surface area contributed by atoms with E-state index < -0.39 is 0 Å². The zero-order chi connectivity index (χ0) is 9.84. The van der Waals surface area contributed by atoms with Gasteiger partial charge in [0.25, 0.3) is 0 Å². The summed E-state index contributed by atoms with van der Waals surface area (Å²) in [4.78, 5) is 22.1. The summed E-state index contributed by atoms with van der Waals surface area (Å²) < 4.78 is 4.66. The normalized spacial score (nSPS) is 10.0. The second-order valence-corrected chi connectivity index (χ2v) is 3.59. The van der Waals surface area contributed by atoms with Gasteiger partial charge in [-0.2, -0.15) is 0 Å². The number of hydrogen-bond donors (Lipinski definition) is 0. The van der Waals surface area contributed by atoms with Gasteiger partial charge in [0.15, 0.2) is 12.1 Å².